The Labute approximate surface area is 119 Å². The smallest absolute Gasteiger partial charge is 0.146 e. The number of hydrogen-bond acceptors (Lipinski definition) is 2. The molecule has 0 atom stereocenters. The number of piperidine rings is 1. The Balaban J connectivity index is 1.68. The van der Waals surface area contributed by atoms with E-state index < -0.39 is 0 Å². The lowest BCUT2D eigenvalue weighted by atomic mass is 9.99. The molecule has 0 aliphatic carbocycles. The van der Waals surface area contributed by atoms with Gasteiger partial charge in [0.25, 0.3) is 0 Å². The number of nitrogens with one attached hydrogen (secondary N) is 1. The second-order valence-corrected chi connectivity index (χ2v) is 5.82. The molecule has 2 rings (SSSR count). The second kappa shape index (κ2) is 7.22. The maximum absolute atomic E-state index is 13.6. The molecule has 1 N–H and O–H groups in total. The summed E-state index contributed by atoms with van der Waals surface area (Å²) in [5.41, 5.74) is 0.639. The fourth-order valence-corrected chi connectivity index (χ4v) is 2.62. The molecule has 2 nitrogen and oxygen atoms in total. The van der Waals surface area contributed by atoms with E-state index in [0.717, 1.165) is 19.0 Å². The van der Waals surface area contributed by atoms with Gasteiger partial charge in [0.15, 0.2) is 0 Å². The molecule has 1 aliphatic rings. The fourth-order valence-electron chi connectivity index (χ4n) is 2.43. The van der Waals surface area contributed by atoms with E-state index in [4.69, 9.17) is 11.6 Å². The van der Waals surface area contributed by atoms with Crippen molar-refractivity contribution in [3.8, 4) is 0 Å². The van der Waals surface area contributed by atoms with Gasteiger partial charge in [-0.1, -0.05) is 30.7 Å². The Hall–Kier alpha value is -0.640. The first-order valence-electron chi connectivity index (χ1n) is 7.03. The van der Waals surface area contributed by atoms with Crippen molar-refractivity contribution >= 4 is 11.6 Å². The zero-order chi connectivity index (χ0) is 13.7. The molecule has 1 fully saturated rings. The highest BCUT2D eigenvalue weighted by atomic mass is 35.5. The summed E-state index contributed by atoms with van der Waals surface area (Å²) in [7, 11) is 0. The Morgan fingerprint density at radius 3 is 2.84 bits per heavy atom. The number of nitrogens with zero attached hydrogens (tertiary/aromatic N) is 1. The van der Waals surface area contributed by atoms with Crippen molar-refractivity contribution in [1.29, 1.82) is 0 Å². The van der Waals surface area contributed by atoms with Gasteiger partial charge in [-0.25, -0.2) is 4.39 Å². The van der Waals surface area contributed by atoms with Crippen molar-refractivity contribution in [3.63, 3.8) is 0 Å². The largest absolute Gasteiger partial charge is 0.311 e. The molecule has 1 aromatic carbocycles. The van der Waals surface area contributed by atoms with Gasteiger partial charge in [0.05, 0.1) is 5.02 Å². The van der Waals surface area contributed by atoms with Crippen LogP contribution in [-0.4, -0.2) is 31.1 Å². The Morgan fingerprint density at radius 2 is 2.11 bits per heavy atom. The molecule has 106 valence electrons. The Bertz CT molecular complexity index is 403. The zero-order valence-corrected chi connectivity index (χ0v) is 12.2. The van der Waals surface area contributed by atoms with Crippen LogP contribution in [0.5, 0.6) is 0 Å². The summed E-state index contributed by atoms with van der Waals surface area (Å²) in [5.74, 6) is 0.563. The third-order valence-electron chi connectivity index (χ3n) is 3.83. The average molecular weight is 285 g/mol. The molecule has 0 saturated carbocycles. The number of halogens is 2. The highest BCUT2D eigenvalue weighted by molar-refractivity contribution is 6.30. The number of likely N-dealkylation sites (tertiary alicyclic amines) is 1. The number of benzene rings is 1. The van der Waals surface area contributed by atoms with E-state index in [2.05, 4.69) is 17.1 Å². The lowest BCUT2D eigenvalue weighted by Gasteiger charge is -2.30. The van der Waals surface area contributed by atoms with Gasteiger partial charge in [-0.3, -0.25) is 0 Å². The molecule has 1 aliphatic heterocycles. The molecule has 0 aromatic heterocycles. The highest BCUT2D eigenvalue weighted by Gasteiger charge is 2.14. The topological polar surface area (TPSA) is 15.3 Å². The molecular formula is C15H22ClFN2. The first-order chi connectivity index (χ1) is 9.16. The van der Waals surface area contributed by atoms with Crippen molar-refractivity contribution in [2.45, 2.75) is 26.3 Å². The molecule has 1 saturated heterocycles. The standard InChI is InChI=1S/C15H22ClFN2/c1-12-5-8-19(9-6-12)10-7-18-11-13-3-2-4-14(16)15(13)17/h2-4,12,18H,5-11H2,1H3. The maximum Gasteiger partial charge on any atom is 0.146 e. The lowest BCUT2D eigenvalue weighted by Crippen LogP contribution is -2.37. The van der Waals surface area contributed by atoms with Crippen LogP contribution in [0.15, 0.2) is 18.2 Å². The van der Waals surface area contributed by atoms with E-state index in [0.29, 0.717) is 12.1 Å². The van der Waals surface area contributed by atoms with Crippen LogP contribution in [0.4, 0.5) is 4.39 Å². The van der Waals surface area contributed by atoms with Gasteiger partial charge >= 0.3 is 0 Å². The van der Waals surface area contributed by atoms with E-state index in [-0.39, 0.29) is 10.8 Å². The van der Waals surface area contributed by atoms with Gasteiger partial charge in [0, 0.05) is 25.2 Å². The average Bonchev–Trinajstić information content (AvgIpc) is 2.41. The SMILES string of the molecule is CC1CCN(CCNCc2cccc(Cl)c2F)CC1. The lowest BCUT2D eigenvalue weighted by molar-refractivity contribution is 0.193. The molecule has 0 amide bonds. The molecule has 1 aromatic rings. The molecule has 1 heterocycles. The second-order valence-electron chi connectivity index (χ2n) is 5.41. The first kappa shape index (κ1) is 14.8. The predicted molar refractivity (Wildman–Crippen MR) is 78.0 cm³/mol. The minimum Gasteiger partial charge on any atom is -0.311 e. The van der Waals surface area contributed by atoms with Crippen LogP contribution in [0, 0.1) is 11.7 Å². The zero-order valence-electron chi connectivity index (χ0n) is 11.5. The molecular weight excluding hydrogens is 263 g/mol. The molecule has 4 heteroatoms. The van der Waals surface area contributed by atoms with Crippen molar-refractivity contribution in [1.82, 2.24) is 10.2 Å². The summed E-state index contributed by atoms with van der Waals surface area (Å²) >= 11 is 5.75. The van der Waals surface area contributed by atoms with Gasteiger partial charge in [-0.05, 0) is 37.9 Å². The van der Waals surface area contributed by atoms with Crippen molar-refractivity contribution in [2.24, 2.45) is 5.92 Å². The Kier molecular flexibility index (Phi) is 5.61. The van der Waals surface area contributed by atoms with Crippen LogP contribution in [0.3, 0.4) is 0 Å². The number of hydrogen-bond donors (Lipinski definition) is 1. The van der Waals surface area contributed by atoms with Crippen LogP contribution in [0.2, 0.25) is 5.02 Å². The van der Waals surface area contributed by atoms with Gasteiger partial charge in [0.1, 0.15) is 5.82 Å². The van der Waals surface area contributed by atoms with Gasteiger partial charge in [0.2, 0.25) is 0 Å². The van der Waals surface area contributed by atoms with Crippen LogP contribution >= 0.6 is 11.6 Å². The van der Waals surface area contributed by atoms with Gasteiger partial charge in [-0.15, -0.1) is 0 Å². The molecule has 0 radical (unpaired) electrons. The monoisotopic (exact) mass is 284 g/mol. The van der Waals surface area contributed by atoms with Gasteiger partial charge in [-0.2, -0.15) is 0 Å². The fraction of sp³-hybridized carbons (Fsp3) is 0.600. The van der Waals surface area contributed by atoms with E-state index >= 15 is 0 Å². The normalized spacial score (nSPS) is 17.8. The summed E-state index contributed by atoms with van der Waals surface area (Å²) in [6, 6.07) is 5.14. The van der Waals surface area contributed by atoms with E-state index in [1.54, 1.807) is 18.2 Å². The van der Waals surface area contributed by atoms with Crippen molar-refractivity contribution in [3.05, 3.63) is 34.6 Å². The number of rotatable bonds is 5. The van der Waals surface area contributed by atoms with Crippen molar-refractivity contribution in [2.75, 3.05) is 26.2 Å². The molecule has 0 bridgehead atoms. The molecule has 0 spiro atoms. The summed E-state index contributed by atoms with van der Waals surface area (Å²) in [6.07, 6.45) is 2.59. The summed E-state index contributed by atoms with van der Waals surface area (Å²) < 4.78 is 13.6. The van der Waals surface area contributed by atoms with E-state index in [9.17, 15) is 4.39 Å². The highest BCUT2D eigenvalue weighted by Crippen LogP contribution is 2.17. The Morgan fingerprint density at radius 1 is 1.37 bits per heavy atom. The first-order valence-corrected chi connectivity index (χ1v) is 7.40. The predicted octanol–water partition coefficient (Wildman–Crippen LogP) is 3.30. The molecule has 19 heavy (non-hydrogen) atoms. The minimum atomic E-state index is -0.302. The summed E-state index contributed by atoms with van der Waals surface area (Å²) in [6.45, 7) is 7.16. The van der Waals surface area contributed by atoms with E-state index in [1.165, 1.54) is 25.9 Å². The maximum atomic E-state index is 13.6. The third kappa shape index (κ3) is 4.44. The molecule has 0 unspecified atom stereocenters. The van der Waals surface area contributed by atoms with Crippen LogP contribution in [0.25, 0.3) is 0 Å². The van der Waals surface area contributed by atoms with Crippen molar-refractivity contribution < 1.29 is 4.39 Å². The summed E-state index contributed by atoms with van der Waals surface area (Å²) in [5, 5.41) is 3.49. The quantitative estimate of drug-likeness (QED) is 0.835. The third-order valence-corrected chi connectivity index (χ3v) is 4.12. The minimum absolute atomic E-state index is 0.198. The van der Waals surface area contributed by atoms with E-state index in [1.807, 2.05) is 0 Å². The summed E-state index contributed by atoms with van der Waals surface area (Å²) in [4.78, 5) is 2.47. The van der Waals surface area contributed by atoms with Crippen LogP contribution in [0.1, 0.15) is 25.3 Å². The van der Waals surface area contributed by atoms with Crippen LogP contribution in [-0.2, 0) is 6.54 Å². The van der Waals surface area contributed by atoms with Gasteiger partial charge < -0.3 is 10.2 Å². The van der Waals surface area contributed by atoms with Crippen LogP contribution < -0.4 is 5.32 Å².